The normalized spacial score (nSPS) is 13.7. The number of pyridine rings is 1. The summed E-state index contributed by atoms with van der Waals surface area (Å²) in [6.07, 6.45) is 5.71. The van der Waals surface area contributed by atoms with E-state index in [1.807, 2.05) is 36.4 Å². The monoisotopic (exact) mass is 582 g/mol. The van der Waals surface area contributed by atoms with Crippen LogP contribution in [0.25, 0.3) is 44.6 Å². The van der Waals surface area contributed by atoms with Gasteiger partial charge in [-0.05, 0) is 73.5 Å². The van der Waals surface area contributed by atoms with Crippen molar-refractivity contribution in [2.75, 3.05) is 5.32 Å². The number of hydrogen-bond acceptors (Lipinski definition) is 5. The third-order valence-corrected chi connectivity index (χ3v) is 8.39. The van der Waals surface area contributed by atoms with Crippen LogP contribution in [0.15, 0.2) is 97.1 Å². The van der Waals surface area contributed by atoms with Gasteiger partial charge in [-0.15, -0.1) is 0 Å². The van der Waals surface area contributed by atoms with Gasteiger partial charge in [-0.1, -0.05) is 55.7 Å². The summed E-state index contributed by atoms with van der Waals surface area (Å²) in [6.45, 7) is 0. The number of carboxylic acids is 1. The van der Waals surface area contributed by atoms with Crippen molar-refractivity contribution in [2.24, 2.45) is 0 Å². The number of phenols is 1. The van der Waals surface area contributed by atoms with E-state index in [9.17, 15) is 19.8 Å². The van der Waals surface area contributed by atoms with Crippen molar-refractivity contribution in [2.45, 2.75) is 38.1 Å². The molecule has 0 unspecified atom stereocenters. The lowest BCUT2D eigenvalue weighted by atomic mass is 9.94. The maximum absolute atomic E-state index is 13.2. The zero-order valence-electron chi connectivity index (χ0n) is 23.9. The van der Waals surface area contributed by atoms with Crippen molar-refractivity contribution in [3.8, 4) is 28.4 Å². The van der Waals surface area contributed by atoms with Crippen LogP contribution in [0.3, 0.4) is 0 Å². The molecule has 2 heterocycles. The Morgan fingerprint density at radius 1 is 0.773 bits per heavy atom. The molecule has 1 saturated carbocycles. The molecule has 3 N–H and O–H groups in total. The van der Waals surface area contributed by atoms with Crippen molar-refractivity contribution in [3.05, 3.63) is 108 Å². The molecule has 0 atom stereocenters. The number of aromatic carboxylic acids is 1. The number of aromatic nitrogens is 3. The number of rotatable bonds is 6. The van der Waals surface area contributed by atoms with E-state index in [1.165, 1.54) is 37.5 Å². The Hall–Kier alpha value is -5.50. The van der Waals surface area contributed by atoms with Crippen molar-refractivity contribution >= 4 is 39.5 Å². The van der Waals surface area contributed by atoms with Gasteiger partial charge in [0.05, 0.1) is 22.2 Å². The molecule has 0 aliphatic heterocycles. The number of nitrogens with zero attached hydrogens (tertiary/aromatic N) is 3. The number of carboxylic acid groups (broad SMARTS) is 1. The molecule has 0 bridgehead atoms. The Morgan fingerprint density at radius 3 is 2.39 bits per heavy atom. The second-order valence-electron chi connectivity index (χ2n) is 11.3. The Labute approximate surface area is 253 Å². The molecular formula is C36H30N4O4. The number of nitrogens with one attached hydrogen (secondary N) is 1. The molecule has 0 spiro atoms. The van der Waals surface area contributed by atoms with E-state index in [-0.39, 0.29) is 17.0 Å². The molecule has 1 amide bonds. The largest absolute Gasteiger partial charge is 0.507 e. The van der Waals surface area contributed by atoms with Crippen LogP contribution in [0.1, 0.15) is 58.9 Å². The van der Waals surface area contributed by atoms with Crippen LogP contribution in [-0.2, 0) is 0 Å². The lowest BCUT2D eigenvalue weighted by Gasteiger charge is -2.25. The van der Waals surface area contributed by atoms with Gasteiger partial charge >= 0.3 is 5.97 Å². The summed E-state index contributed by atoms with van der Waals surface area (Å²) in [7, 11) is 0. The summed E-state index contributed by atoms with van der Waals surface area (Å²) < 4.78 is 2.34. The van der Waals surface area contributed by atoms with Crippen LogP contribution in [-0.4, -0.2) is 36.6 Å². The van der Waals surface area contributed by atoms with Crippen LogP contribution in [0, 0.1) is 0 Å². The first kappa shape index (κ1) is 27.3. The van der Waals surface area contributed by atoms with Crippen LogP contribution in [0.5, 0.6) is 5.75 Å². The Morgan fingerprint density at radius 2 is 1.59 bits per heavy atom. The number of hydrogen-bond donors (Lipinski definition) is 3. The lowest BCUT2D eigenvalue weighted by molar-refractivity contribution is 0.0693. The molecule has 44 heavy (non-hydrogen) atoms. The molecule has 218 valence electrons. The van der Waals surface area contributed by atoms with Crippen molar-refractivity contribution < 1.29 is 19.8 Å². The molecule has 0 radical (unpaired) electrons. The Kier molecular flexibility index (Phi) is 7.02. The Balaban J connectivity index is 1.26. The van der Waals surface area contributed by atoms with Crippen LogP contribution in [0.2, 0.25) is 0 Å². The smallest absolute Gasteiger partial charge is 0.339 e. The molecule has 6 aromatic rings. The fourth-order valence-corrected chi connectivity index (χ4v) is 6.18. The van der Waals surface area contributed by atoms with Crippen LogP contribution < -0.4 is 5.32 Å². The highest BCUT2D eigenvalue weighted by Gasteiger charge is 2.23. The van der Waals surface area contributed by atoms with Crippen LogP contribution in [0.4, 0.5) is 5.69 Å². The van der Waals surface area contributed by atoms with E-state index in [0.29, 0.717) is 17.1 Å². The molecule has 2 aromatic heterocycles. The van der Waals surface area contributed by atoms with Gasteiger partial charge in [-0.3, -0.25) is 4.79 Å². The van der Waals surface area contributed by atoms with Gasteiger partial charge in [0.2, 0.25) is 0 Å². The first-order valence-corrected chi connectivity index (χ1v) is 14.8. The third kappa shape index (κ3) is 5.15. The predicted molar refractivity (Wildman–Crippen MR) is 171 cm³/mol. The standard InChI is InChI=1S/C36H30N4O4/c41-33-18-14-26(21-28(33)36(43)44)37-35(42)25-13-17-32-31(20-25)39-34(40(32)27-9-5-2-6-10-27)24-12-16-30-23(19-24)11-15-29(38-30)22-7-3-1-4-8-22/h1,3-4,7-8,11-21,27,41H,2,5-6,9-10H2,(H,37,42)(H,43,44). The molecule has 1 aliphatic rings. The summed E-state index contributed by atoms with van der Waals surface area (Å²) in [4.78, 5) is 34.6. The minimum absolute atomic E-state index is 0.277. The highest BCUT2D eigenvalue weighted by molar-refractivity contribution is 6.07. The maximum atomic E-state index is 13.2. The van der Waals surface area contributed by atoms with Crippen molar-refractivity contribution in [1.29, 1.82) is 0 Å². The fraction of sp³-hybridized carbons (Fsp3) is 0.167. The zero-order chi connectivity index (χ0) is 30.2. The van der Waals surface area contributed by atoms with Gasteiger partial charge in [0.1, 0.15) is 17.1 Å². The first-order valence-electron chi connectivity index (χ1n) is 14.8. The highest BCUT2D eigenvalue weighted by Crippen LogP contribution is 2.37. The average Bonchev–Trinajstić information content (AvgIpc) is 3.45. The van der Waals surface area contributed by atoms with E-state index in [2.05, 4.69) is 40.2 Å². The summed E-state index contributed by atoms with van der Waals surface area (Å²) in [5, 5.41) is 22.9. The average molecular weight is 583 g/mol. The number of fused-ring (bicyclic) bond motifs is 2. The second-order valence-corrected chi connectivity index (χ2v) is 11.3. The van der Waals surface area contributed by atoms with Gasteiger partial charge in [0.15, 0.2) is 0 Å². The molecule has 8 heteroatoms. The van der Waals surface area contributed by atoms with Gasteiger partial charge in [-0.2, -0.15) is 0 Å². The molecule has 1 fully saturated rings. The highest BCUT2D eigenvalue weighted by atomic mass is 16.4. The van der Waals surface area contributed by atoms with Crippen molar-refractivity contribution in [1.82, 2.24) is 14.5 Å². The number of carbonyl (C=O) groups is 2. The lowest BCUT2D eigenvalue weighted by Crippen LogP contribution is -2.14. The fourth-order valence-electron chi connectivity index (χ4n) is 6.18. The molecule has 0 saturated heterocycles. The molecule has 7 rings (SSSR count). The predicted octanol–water partition coefficient (Wildman–Crippen LogP) is 8.08. The zero-order valence-corrected chi connectivity index (χ0v) is 23.9. The van der Waals surface area contributed by atoms with E-state index >= 15 is 0 Å². The number of benzene rings is 4. The topological polar surface area (TPSA) is 117 Å². The molecular weight excluding hydrogens is 552 g/mol. The van der Waals surface area contributed by atoms with Gasteiger partial charge in [-0.25, -0.2) is 14.8 Å². The summed E-state index contributed by atoms with van der Waals surface area (Å²) in [5.74, 6) is -1.17. The van der Waals surface area contributed by atoms with Crippen molar-refractivity contribution in [3.63, 3.8) is 0 Å². The number of aromatic hydroxyl groups is 1. The van der Waals surface area contributed by atoms with E-state index in [0.717, 1.165) is 51.9 Å². The summed E-state index contributed by atoms with van der Waals surface area (Å²) >= 11 is 0. The third-order valence-electron chi connectivity index (χ3n) is 8.39. The van der Waals surface area contributed by atoms with E-state index < -0.39 is 11.9 Å². The number of carbonyl (C=O) groups excluding carboxylic acids is 1. The minimum atomic E-state index is -1.28. The van der Waals surface area contributed by atoms with Gasteiger partial charge in [0.25, 0.3) is 5.91 Å². The minimum Gasteiger partial charge on any atom is -0.507 e. The quantitative estimate of drug-likeness (QED) is 0.171. The summed E-state index contributed by atoms with van der Waals surface area (Å²) in [5.41, 5.74) is 5.99. The number of anilines is 1. The SMILES string of the molecule is O=C(Nc1ccc(O)c(C(=O)O)c1)c1ccc2c(c1)nc(-c1ccc3nc(-c4ccccc4)ccc3c1)n2C1CCCCC1. The van der Waals surface area contributed by atoms with Gasteiger partial charge < -0.3 is 20.1 Å². The molecule has 4 aromatic carbocycles. The van der Waals surface area contributed by atoms with E-state index in [1.54, 1.807) is 12.1 Å². The van der Waals surface area contributed by atoms with E-state index in [4.69, 9.17) is 9.97 Å². The molecule has 1 aliphatic carbocycles. The molecule has 8 nitrogen and oxygen atoms in total. The summed E-state index contributed by atoms with van der Waals surface area (Å²) in [6, 6.07) is 30.3. The first-order chi connectivity index (χ1) is 21.4. The number of imidazole rings is 1. The maximum Gasteiger partial charge on any atom is 0.339 e. The van der Waals surface area contributed by atoms with Crippen LogP contribution >= 0.6 is 0 Å². The van der Waals surface area contributed by atoms with Gasteiger partial charge in [0, 0.05) is 33.8 Å². The number of amides is 1. The second kappa shape index (κ2) is 11.3. The Bertz CT molecular complexity index is 2050.